The SMILES string of the molecule is COC(=O)c1c(-c2ccccc2-n2cc(Br)cn2)nn(-c2ccccc2)c1C(=O)OC. The second kappa shape index (κ2) is 8.57. The Kier molecular flexibility index (Phi) is 5.68. The molecule has 0 spiro atoms. The van der Waals surface area contributed by atoms with Gasteiger partial charge in [-0.1, -0.05) is 36.4 Å². The Hall–Kier alpha value is -3.72. The Morgan fingerprint density at radius 3 is 2.26 bits per heavy atom. The van der Waals surface area contributed by atoms with Gasteiger partial charge >= 0.3 is 11.9 Å². The average Bonchev–Trinajstić information content (AvgIpc) is 3.42. The van der Waals surface area contributed by atoms with Crippen LogP contribution >= 0.6 is 15.9 Å². The number of esters is 2. The molecular weight excluding hydrogens is 464 g/mol. The van der Waals surface area contributed by atoms with Crippen molar-refractivity contribution in [2.75, 3.05) is 14.2 Å². The summed E-state index contributed by atoms with van der Waals surface area (Å²) in [4.78, 5) is 25.6. The van der Waals surface area contributed by atoms with Crippen LogP contribution in [0.1, 0.15) is 20.8 Å². The number of carbonyl (C=O) groups excluding carboxylic acids is 2. The van der Waals surface area contributed by atoms with E-state index >= 15 is 0 Å². The standard InChI is InChI=1S/C22H17BrN4O4/c1-30-21(28)18-19(16-10-6-7-11-17(16)26-13-14(23)12-24-26)25-27(20(18)22(29)31-2)15-8-4-3-5-9-15/h3-13H,1-2H3. The number of hydrogen-bond donors (Lipinski definition) is 0. The van der Waals surface area contributed by atoms with E-state index in [1.54, 1.807) is 35.3 Å². The van der Waals surface area contributed by atoms with Crippen molar-refractivity contribution in [2.24, 2.45) is 0 Å². The van der Waals surface area contributed by atoms with E-state index in [0.717, 1.165) is 4.47 Å². The molecule has 0 aliphatic heterocycles. The second-order valence-corrected chi connectivity index (χ2v) is 7.34. The molecule has 0 bridgehead atoms. The topological polar surface area (TPSA) is 88.2 Å². The molecule has 0 unspecified atom stereocenters. The van der Waals surface area contributed by atoms with Crippen LogP contribution in [0.5, 0.6) is 0 Å². The fourth-order valence-electron chi connectivity index (χ4n) is 3.25. The Labute approximate surface area is 186 Å². The number of methoxy groups -OCH3 is 2. The van der Waals surface area contributed by atoms with Gasteiger partial charge in [0, 0.05) is 11.8 Å². The van der Waals surface area contributed by atoms with Gasteiger partial charge in [-0.15, -0.1) is 0 Å². The second-order valence-electron chi connectivity index (χ2n) is 6.42. The summed E-state index contributed by atoms with van der Waals surface area (Å²) in [7, 11) is 2.50. The summed E-state index contributed by atoms with van der Waals surface area (Å²) >= 11 is 3.40. The zero-order chi connectivity index (χ0) is 22.0. The number of hydrogen-bond acceptors (Lipinski definition) is 6. The molecule has 0 saturated carbocycles. The van der Waals surface area contributed by atoms with E-state index in [4.69, 9.17) is 9.47 Å². The fourth-order valence-corrected chi connectivity index (χ4v) is 3.53. The number of nitrogens with zero attached hydrogens (tertiary/aromatic N) is 4. The molecule has 0 radical (unpaired) electrons. The smallest absolute Gasteiger partial charge is 0.357 e. The lowest BCUT2D eigenvalue weighted by molar-refractivity contribution is 0.0549. The Morgan fingerprint density at radius 2 is 1.61 bits per heavy atom. The number of halogens is 1. The maximum Gasteiger partial charge on any atom is 0.357 e. The van der Waals surface area contributed by atoms with Crippen LogP contribution in [0.15, 0.2) is 71.5 Å². The van der Waals surface area contributed by atoms with E-state index < -0.39 is 11.9 Å². The lowest BCUT2D eigenvalue weighted by atomic mass is 10.0. The van der Waals surface area contributed by atoms with Gasteiger partial charge in [-0.05, 0) is 34.1 Å². The molecule has 0 amide bonds. The molecule has 0 saturated heterocycles. The molecule has 0 aliphatic rings. The molecule has 156 valence electrons. The van der Waals surface area contributed by atoms with Gasteiger partial charge in [0.25, 0.3) is 0 Å². The molecule has 0 aliphatic carbocycles. The molecule has 2 aromatic heterocycles. The Morgan fingerprint density at radius 1 is 0.935 bits per heavy atom. The first-order chi connectivity index (χ1) is 15.0. The van der Waals surface area contributed by atoms with Crippen molar-refractivity contribution in [3.63, 3.8) is 0 Å². The van der Waals surface area contributed by atoms with Crippen molar-refractivity contribution in [1.29, 1.82) is 0 Å². The Balaban J connectivity index is 2.05. The van der Waals surface area contributed by atoms with Crippen LogP contribution in [-0.2, 0) is 9.47 Å². The van der Waals surface area contributed by atoms with E-state index in [0.29, 0.717) is 16.9 Å². The molecule has 0 fully saturated rings. The highest BCUT2D eigenvalue weighted by molar-refractivity contribution is 9.10. The van der Waals surface area contributed by atoms with Gasteiger partial charge in [-0.3, -0.25) is 0 Å². The van der Waals surface area contributed by atoms with Gasteiger partial charge < -0.3 is 9.47 Å². The van der Waals surface area contributed by atoms with E-state index in [1.807, 2.05) is 36.4 Å². The van der Waals surface area contributed by atoms with Crippen LogP contribution in [0, 0.1) is 0 Å². The van der Waals surface area contributed by atoms with Crippen molar-refractivity contribution in [2.45, 2.75) is 0 Å². The highest BCUT2D eigenvalue weighted by atomic mass is 79.9. The minimum atomic E-state index is -0.706. The van der Waals surface area contributed by atoms with Crippen LogP contribution in [-0.4, -0.2) is 45.7 Å². The minimum absolute atomic E-state index is 0.0110. The maximum atomic E-state index is 12.8. The van der Waals surface area contributed by atoms with Crippen molar-refractivity contribution >= 4 is 27.9 Å². The average molecular weight is 481 g/mol. The summed E-state index contributed by atoms with van der Waals surface area (Å²) in [6.07, 6.45) is 3.44. The first-order valence-corrected chi connectivity index (χ1v) is 9.99. The van der Waals surface area contributed by atoms with Crippen molar-refractivity contribution in [1.82, 2.24) is 19.6 Å². The molecule has 8 nitrogen and oxygen atoms in total. The van der Waals surface area contributed by atoms with Crippen molar-refractivity contribution in [3.05, 3.63) is 82.7 Å². The highest BCUT2D eigenvalue weighted by Crippen LogP contribution is 2.33. The molecule has 4 rings (SSSR count). The predicted molar refractivity (Wildman–Crippen MR) is 117 cm³/mol. The molecule has 0 N–H and O–H groups in total. The van der Waals surface area contributed by atoms with Crippen LogP contribution in [0.2, 0.25) is 0 Å². The van der Waals surface area contributed by atoms with Gasteiger partial charge in [0.15, 0.2) is 5.69 Å². The largest absolute Gasteiger partial charge is 0.465 e. The number of para-hydroxylation sites is 2. The van der Waals surface area contributed by atoms with Crippen LogP contribution in [0.4, 0.5) is 0 Å². The number of benzene rings is 2. The van der Waals surface area contributed by atoms with Crippen LogP contribution in [0.25, 0.3) is 22.6 Å². The van der Waals surface area contributed by atoms with E-state index in [-0.39, 0.29) is 17.0 Å². The van der Waals surface area contributed by atoms with E-state index in [1.165, 1.54) is 18.9 Å². The first-order valence-electron chi connectivity index (χ1n) is 9.20. The predicted octanol–water partition coefficient (Wildman–Crippen LogP) is 4.06. The van der Waals surface area contributed by atoms with Crippen LogP contribution in [0.3, 0.4) is 0 Å². The maximum absolute atomic E-state index is 12.8. The first kappa shape index (κ1) is 20.5. The Bertz CT molecular complexity index is 1260. The van der Waals surface area contributed by atoms with Crippen molar-refractivity contribution < 1.29 is 19.1 Å². The number of ether oxygens (including phenoxy) is 2. The van der Waals surface area contributed by atoms with E-state index in [2.05, 4.69) is 26.1 Å². The minimum Gasteiger partial charge on any atom is -0.465 e. The van der Waals surface area contributed by atoms with E-state index in [9.17, 15) is 9.59 Å². The lowest BCUT2D eigenvalue weighted by Gasteiger charge is -2.09. The molecule has 2 aromatic carbocycles. The van der Waals surface area contributed by atoms with Gasteiger partial charge in [0.05, 0.1) is 36.3 Å². The number of aromatic nitrogens is 4. The van der Waals surface area contributed by atoms with Gasteiger partial charge in [-0.2, -0.15) is 10.2 Å². The zero-order valence-corrected chi connectivity index (χ0v) is 18.2. The molecule has 0 atom stereocenters. The summed E-state index contributed by atoms with van der Waals surface area (Å²) in [6, 6.07) is 16.3. The molecule has 9 heteroatoms. The third kappa shape index (κ3) is 3.75. The highest BCUT2D eigenvalue weighted by Gasteiger charge is 2.32. The van der Waals surface area contributed by atoms with Gasteiger partial charge in [0.2, 0.25) is 0 Å². The summed E-state index contributed by atoms with van der Waals surface area (Å²) in [6.45, 7) is 0. The van der Waals surface area contributed by atoms with Crippen molar-refractivity contribution in [3.8, 4) is 22.6 Å². The third-order valence-corrected chi connectivity index (χ3v) is 5.02. The fraction of sp³-hybridized carbons (Fsp3) is 0.0909. The van der Waals surface area contributed by atoms with Gasteiger partial charge in [0.1, 0.15) is 11.3 Å². The summed E-state index contributed by atoms with van der Waals surface area (Å²) < 4.78 is 13.8. The molecule has 4 aromatic rings. The summed E-state index contributed by atoms with van der Waals surface area (Å²) in [5.41, 5.74) is 2.13. The van der Waals surface area contributed by atoms with Crippen LogP contribution < -0.4 is 0 Å². The zero-order valence-electron chi connectivity index (χ0n) is 16.7. The monoisotopic (exact) mass is 480 g/mol. The number of carbonyl (C=O) groups is 2. The lowest BCUT2D eigenvalue weighted by Crippen LogP contribution is -2.15. The number of rotatable bonds is 5. The summed E-state index contributed by atoms with van der Waals surface area (Å²) in [5, 5.41) is 8.98. The molecule has 31 heavy (non-hydrogen) atoms. The van der Waals surface area contributed by atoms with Gasteiger partial charge in [-0.25, -0.2) is 19.0 Å². The summed E-state index contributed by atoms with van der Waals surface area (Å²) in [5.74, 6) is -1.41. The molecular formula is C22H17BrN4O4. The third-order valence-electron chi connectivity index (χ3n) is 4.61. The quantitative estimate of drug-likeness (QED) is 0.400. The molecule has 2 heterocycles. The normalized spacial score (nSPS) is 10.7.